The van der Waals surface area contributed by atoms with Gasteiger partial charge in [-0.2, -0.15) is 18.2 Å². The number of rotatable bonds is 7. The predicted octanol–water partition coefficient (Wildman–Crippen LogP) is 2.93. The second kappa shape index (κ2) is 8.24. The summed E-state index contributed by atoms with van der Waals surface area (Å²) in [6, 6.07) is 10.9. The van der Waals surface area contributed by atoms with Gasteiger partial charge in [0.2, 0.25) is 15.8 Å². The fraction of sp³-hybridized carbons (Fsp3) is 0.167. The van der Waals surface area contributed by atoms with Crippen molar-refractivity contribution in [2.75, 3.05) is 13.7 Å². The molecule has 0 unspecified atom stereocenters. The maximum absolute atomic E-state index is 12.5. The Morgan fingerprint density at radius 3 is 2.27 bits per heavy atom. The maximum Gasteiger partial charge on any atom is 0.471 e. The van der Waals surface area contributed by atoms with Crippen LogP contribution in [0.5, 0.6) is 5.75 Å². The van der Waals surface area contributed by atoms with E-state index in [1.807, 2.05) is 0 Å². The van der Waals surface area contributed by atoms with Gasteiger partial charge in [-0.25, -0.2) is 13.1 Å². The van der Waals surface area contributed by atoms with Crippen LogP contribution in [0.15, 0.2) is 57.9 Å². The van der Waals surface area contributed by atoms with Crippen LogP contribution < -0.4 is 9.46 Å². The molecule has 158 valence electrons. The molecule has 0 aliphatic carbocycles. The molecule has 3 aromatic rings. The highest BCUT2D eigenvalue weighted by molar-refractivity contribution is 7.89. The summed E-state index contributed by atoms with van der Waals surface area (Å²) in [7, 11) is -2.47. The summed E-state index contributed by atoms with van der Waals surface area (Å²) in [5.74, 6) is -1.83. The molecule has 12 heteroatoms. The van der Waals surface area contributed by atoms with Crippen LogP contribution >= 0.6 is 0 Å². The van der Waals surface area contributed by atoms with E-state index in [0.29, 0.717) is 5.75 Å². The Morgan fingerprint density at radius 2 is 1.73 bits per heavy atom. The fourth-order valence-electron chi connectivity index (χ4n) is 2.36. The number of Topliss-reactive ketones (excluding diaryl/α,β-unsaturated/α-hetero) is 1. The van der Waals surface area contributed by atoms with Gasteiger partial charge in [0.25, 0.3) is 0 Å². The van der Waals surface area contributed by atoms with Gasteiger partial charge < -0.3 is 9.26 Å². The highest BCUT2D eigenvalue weighted by Crippen LogP contribution is 2.29. The standard InChI is InChI=1S/C18H14F3N3O5S/c1-28-13-6-8-14(9-7-13)30(26,27)22-10-15(25)11-2-4-12(5-3-11)16-23-17(29-24-16)18(19,20)21/h2-9,22H,10H2,1H3. The number of hydrogen-bond acceptors (Lipinski definition) is 7. The molecule has 0 aliphatic rings. The van der Waals surface area contributed by atoms with E-state index in [-0.39, 0.29) is 21.8 Å². The van der Waals surface area contributed by atoms with Crippen LogP contribution in [0.2, 0.25) is 0 Å². The summed E-state index contributed by atoms with van der Waals surface area (Å²) in [5, 5.41) is 3.25. The number of nitrogens with one attached hydrogen (secondary N) is 1. The van der Waals surface area contributed by atoms with Crippen LogP contribution in [0, 0.1) is 0 Å². The van der Waals surface area contributed by atoms with E-state index >= 15 is 0 Å². The Balaban J connectivity index is 1.66. The van der Waals surface area contributed by atoms with Crippen molar-refractivity contribution in [2.24, 2.45) is 0 Å². The van der Waals surface area contributed by atoms with Crippen molar-refractivity contribution in [1.82, 2.24) is 14.9 Å². The number of halogens is 3. The lowest BCUT2D eigenvalue weighted by Gasteiger charge is -2.07. The number of benzene rings is 2. The van der Waals surface area contributed by atoms with Crippen molar-refractivity contribution in [1.29, 1.82) is 0 Å². The second-order valence-electron chi connectivity index (χ2n) is 5.92. The summed E-state index contributed by atoms with van der Waals surface area (Å²) in [5.41, 5.74) is 0.348. The molecule has 0 amide bonds. The Morgan fingerprint density at radius 1 is 1.10 bits per heavy atom. The van der Waals surface area contributed by atoms with Crippen molar-refractivity contribution in [3.8, 4) is 17.1 Å². The molecule has 0 atom stereocenters. The van der Waals surface area contributed by atoms with Gasteiger partial charge in [0, 0.05) is 11.1 Å². The summed E-state index contributed by atoms with van der Waals surface area (Å²) in [6.07, 6.45) is -4.76. The van der Waals surface area contributed by atoms with E-state index in [4.69, 9.17) is 4.74 Å². The lowest BCUT2D eigenvalue weighted by atomic mass is 10.1. The molecule has 1 heterocycles. The number of ether oxygens (including phenoxy) is 1. The molecule has 8 nitrogen and oxygen atoms in total. The van der Waals surface area contributed by atoms with Crippen molar-refractivity contribution < 1.29 is 35.6 Å². The van der Waals surface area contributed by atoms with E-state index in [9.17, 15) is 26.4 Å². The van der Waals surface area contributed by atoms with Crippen LogP contribution in [0.3, 0.4) is 0 Å². The molecule has 0 bridgehead atoms. The third-order valence-corrected chi connectivity index (χ3v) is 5.34. The summed E-state index contributed by atoms with van der Waals surface area (Å²) in [4.78, 5) is 15.5. The Bertz CT molecular complexity index is 1140. The van der Waals surface area contributed by atoms with E-state index in [1.165, 1.54) is 55.6 Å². The topological polar surface area (TPSA) is 111 Å². The van der Waals surface area contributed by atoms with Crippen LogP contribution in [0.4, 0.5) is 13.2 Å². The first kappa shape index (κ1) is 21.5. The zero-order chi connectivity index (χ0) is 21.9. The van der Waals surface area contributed by atoms with Gasteiger partial charge in [0.1, 0.15) is 5.75 Å². The minimum Gasteiger partial charge on any atom is -0.497 e. The molecule has 0 radical (unpaired) electrons. The molecule has 30 heavy (non-hydrogen) atoms. The molecular formula is C18H14F3N3O5S. The highest BCUT2D eigenvalue weighted by Gasteiger charge is 2.38. The molecule has 3 rings (SSSR count). The van der Waals surface area contributed by atoms with Gasteiger partial charge >= 0.3 is 12.1 Å². The smallest absolute Gasteiger partial charge is 0.471 e. The largest absolute Gasteiger partial charge is 0.497 e. The average molecular weight is 441 g/mol. The predicted molar refractivity (Wildman–Crippen MR) is 97.2 cm³/mol. The molecule has 0 aliphatic heterocycles. The molecule has 0 saturated carbocycles. The SMILES string of the molecule is COc1ccc(S(=O)(=O)NCC(=O)c2ccc(-c3noc(C(F)(F)F)n3)cc2)cc1. The van der Waals surface area contributed by atoms with Crippen molar-refractivity contribution in [2.45, 2.75) is 11.1 Å². The van der Waals surface area contributed by atoms with Crippen LogP contribution in [0.1, 0.15) is 16.2 Å². The van der Waals surface area contributed by atoms with E-state index in [1.54, 1.807) is 0 Å². The van der Waals surface area contributed by atoms with E-state index in [0.717, 1.165) is 0 Å². The normalized spacial score (nSPS) is 12.0. The van der Waals surface area contributed by atoms with Crippen LogP contribution in [-0.4, -0.2) is 38.0 Å². The first-order chi connectivity index (χ1) is 14.1. The Labute approximate surface area is 168 Å². The van der Waals surface area contributed by atoms with Crippen molar-refractivity contribution >= 4 is 15.8 Å². The summed E-state index contributed by atoms with van der Waals surface area (Å²) in [6.45, 7) is -0.506. The molecule has 0 saturated heterocycles. The van der Waals surface area contributed by atoms with Gasteiger partial charge in [-0.05, 0) is 24.3 Å². The molecule has 0 fully saturated rings. The van der Waals surface area contributed by atoms with Gasteiger partial charge in [-0.1, -0.05) is 29.4 Å². The quantitative estimate of drug-likeness (QED) is 0.561. The van der Waals surface area contributed by atoms with Crippen LogP contribution in [0.25, 0.3) is 11.4 Å². The minimum atomic E-state index is -4.76. The van der Waals surface area contributed by atoms with E-state index < -0.39 is 34.4 Å². The number of methoxy groups -OCH3 is 1. The second-order valence-corrected chi connectivity index (χ2v) is 7.69. The van der Waals surface area contributed by atoms with Crippen molar-refractivity contribution in [3.05, 3.63) is 60.0 Å². The Hall–Kier alpha value is -3.25. The molecule has 1 N–H and O–H groups in total. The first-order valence-corrected chi connectivity index (χ1v) is 9.77. The molecular weight excluding hydrogens is 427 g/mol. The molecule has 2 aromatic carbocycles. The average Bonchev–Trinajstić information content (AvgIpc) is 3.23. The third-order valence-electron chi connectivity index (χ3n) is 3.93. The van der Waals surface area contributed by atoms with Crippen LogP contribution in [-0.2, 0) is 16.2 Å². The van der Waals surface area contributed by atoms with E-state index in [2.05, 4.69) is 19.4 Å². The lowest BCUT2D eigenvalue weighted by molar-refractivity contribution is -0.159. The van der Waals surface area contributed by atoms with Crippen molar-refractivity contribution in [3.63, 3.8) is 0 Å². The Kier molecular flexibility index (Phi) is 5.89. The lowest BCUT2D eigenvalue weighted by Crippen LogP contribution is -2.29. The zero-order valence-electron chi connectivity index (χ0n) is 15.3. The first-order valence-electron chi connectivity index (χ1n) is 8.28. The van der Waals surface area contributed by atoms with Gasteiger partial charge in [0.05, 0.1) is 18.6 Å². The molecule has 1 aromatic heterocycles. The summed E-state index contributed by atoms with van der Waals surface area (Å²) >= 11 is 0. The molecule has 0 spiro atoms. The third kappa shape index (κ3) is 4.83. The number of carbonyl (C=O) groups excluding carboxylic acids is 1. The number of ketones is 1. The number of nitrogens with zero attached hydrogens (tertiary/aromatic N) is 2. The number of sulfonamides is 1. The fourth-order valence-corrected chi connectivity index (χ4v) is 3.34. The van der Waals surface area contributed by atoms with Gasteiger partial charge in [-0.15, -0.1) is 0 Å². The number of alkyl halides is 3. The van der Waals surface area contributed by atoms with Gasteiger partial charge in [-0.3, -0.25) is 4.79 Å². The maximum atomic E-state index is 12.5. The summed E-state index contributed by atoms with van der Waals surface area (Å²) < 4.78 is 73.4. The minimum absolute atomic E-state index is 0.0379. The highest BCUT2D eigenvalue weighted by atomic mass is 32.2. The monoisotopic (exact) mass is 441 g/mol. The zero-order valence-corrected chi connectivity index (χ0v) is 16.1. The number of aromatic nitrogens is 2. The number of hydrogen-bond donors (Lipinski definition) is 1. The van der Waals surface area contributed by atoms with Gasteiger partial charge in [0.15, 0.2) is 5.78 Å². The number of carbonyl (C=O) groups is 1.